The molecule has 0 spiro atoms. The fourth-order valence-electron chi connectivity index (χ4n) is 0. The molecule has 0 saturated heterocycles. The molecule has 11 heteroatoms. The largest absolute Gasteiger partial charge is 0.444 e. The van der Waals surface area contributed by atoms with E-state index in [4.69, 9.17) is 20.2 Å². The fourth-order valence-corrected chi connectivity index (χ4v) is 0. The van der Waals surface area contributed by atoms with Crippen LogP contribution < -0.4 is 24.6 Å². The van der Waals surface area contributed by atoms with Crippen LogP contribution in [0.25, 0.3) is 0 Å². The molecule has 10 nitrogen and oxygen atoms in total. The van der Waals surface area contributed by atoms with E-state index < -0.39 is 0 Å². The van der Waals surface area contributed by atoms with Crippen LogP contribution in [-0.2, 0) is 16.8 Å². The van der Waals surface area contributed by atoms with Crippen molar-refractivity contribution < 1.29 is 16.8 Å². The van der Waals surface area contributed by atoms with Gasteiger partial charge in [-0.05, 0) is 0 Å². The molecule has 0 atom stereocenters. The molecular formula is H12CoN6O4-2. The van der Waals surface area contributed by atoms with Crippen LogP contribution in [0.5, 0.6) is 0 Å². The zero-order chi connectivity index (χ0) is 5.41. The van der Waals surface area contributed by atoms with Crippen LogP contribution in [0.4, 0.5) is 0 Å². The van der Waals surface area contributed by atoms with Gasteiger partial charge in [-0.15, -0.1) is 10.7 Å². The number of rotatable bonds is 0. The van der Waals surface area contributed by atoms with Gasteiger partial charge in [-0.2, -0.15) is 0 Å². The van der Waals surface area contributed by atoms with Crippen LogP contribution in [0.1, 0.15) is 0 Å². The van der Waals surface area contributed by atoms with Gasteiger partial charge in [-0.3, -0.25) is 0 Å². The van der Waals surface area contributed by atoms with Gasteiger partial charge in [-0.1, -0.05) is 0 Å². The third-order valence-electron chi connectivity index (χ3n) is 0. The first-order valence-corrected chi connectivity index (χ1v) is 0.730. The topological polar surface area (TPSA) is 245 Å². The first-order valence-electron chi connectivity index (χ1n) is 0.730. The monoisotopic (exact) mass is 219 g/mol. The van der Waals surface area contributed by atoms with E-state index in [1.54, 1.807) is 0 Å². The minimum atomic E-state index is 0. The zero-order valence-corrected chi connectivity index (χ0v) is 6.73. The van der Waals surface area contributed by atoms with E-state index in [9.17, 15) is 0 Å². The molecule has 0 aromatic heterocycles. The number of nitrogens with zero attached hydrogens (tertiary/aromatic N) is 2. The minimum Gasteiger partial charge on any atom is -0.444 e. The van der Waals surface area contributed by atoms with Crippen LogP contribution in [0, 0.1) is 20.2 Å². The summed E-state index contributed by atoms with van der Waals surface area (Å²) >= 11 is 0. The molecule has 1 radical (unpaired) electrons. The molecule has 0 aliphatic heterocycles. The van der Waals surface area contributed by atoms with Crippen LogP contribution in [0.15, 0.2) is 10.7 Å². The van der Waals surface area contributed by atoms with Crippen LogP contribution in [-0.4, -0.2) is 0 Å². The molecule has 0 rings (SSSR count). The maximum Gasteiger partial charge on any atom is 0 e. The Hall–Kier alpha value is -0.854. The van der Waals surface area contributed by atoms with Gasteiger partial charge in [0.2, 0.25) is 0 Å². The van der Waals surface area contributed by atoms with Crippen LogP contribution in [0.2, 0.25) is 0 Å². The molecule has 0 fully saturated rings. The second-order valence-corrected chi connectivity index (χ2v) is 0.149. The quantitative estimate of drug-likeness (QED) is 0.338. The molecule has 0 amide bonds. The molecule has 77 valence electrons. The standard InChI is InChI=1S/Co.2HNO2.4H3N/c;2*2-1-3;;;;/h;2*(H,2,3);4*1H3/p-2. The second-order valence-electron chi connectivity index (χ2n) is 0.149. The number of hydrogen-bond acceptors (Lipinski definition) is 10. The second kappa shape index (κ2) is 462. The van der Waals surface area contributed by atoms with Gasteiger partial charge in [0.25, 0.3) is 0 Å². The average molecular weight is 219 g/mol. The summed E-state index contributed by atoms with van der Waals surface area (Å²) < 4.78 is 0. The molecule has 0 saturated carbocycles. The van der Waals surface area contributed by atoms with E-state index in [0.29, 0.717) is 0 Å². The first kappa shape index (κ1) is 85.7. The maximum absolute atomic E-state index is 8.00. The molecule has 0 bridgehead atoms. The Balaban J connectivity index is -0.00000000400. The van der Waals surface area contributed by atoms with Crippen molar-refractivity contribution in [3.05, 3.63) is 20.2 Å². The smallest absolute Gasteiger partial charge is 0 e. The zero-order valence-electron chi connectivity index (χ0n) is 5.69. The van der Waals surface area contributed by atoms with Crippen molar-refractivity contribution in [2.75, 3.05) is 0 Å². The normalized spacial score (nSPS) is 2.18. The molecule has 0 aliphatic carbocycles. The molecular weight excluding hydrogens is 207 g/mol. The van der Waals surface area contributed by atoms with Crippen molar-refractivity contribution in [1.82, 2.24) is 24.6 Å². The summed E-state index contributed by atoms with van der Waals surface area (Å²) in [6.07, 6.45) is 0. The summed E-state index contributed by atoms with van der Waals surface area (Å²) in [5, 5.41) is 18.0. The number of hydrogen-bond donors (Lipinski definition) is 4. The predicted octanol–water partition coefficient (Wildman–Crippen LogP) is 1.15. The summed E-state index contributed by atoms with van der Waals surface area (Å²) in [5.74, 6) is 0. The van der Waals surface area contributed by atoms with E-state index in [0.717, 1.165) is 10.7 Å². The Bertz CT molecular complexity index is 35.6. The first-order chi connectivity index (χ1) is 2.83. The Morgan fingerprint density at radius 2 is 0.727 bits per heavy atom. The summed E-state index contributed by atoms with van der Waals surface area (Å²) in [7, 11) is 0. The van der Waals surface area contributed by atoms with Crippen molar-refractivity contribution in [3.63, 3.8) is 0 Å². The Morgan fingerprint density at radius 3 is 0.727 bits per heavy atom. The fraction of sp³-hybridized carbons (Fsp3) is 0. The van der Waals surface area contributed by atoms with Crippen molar-refractivity contribution in [2.24, 2.45) is 10.7 Å². The minimum absolute atomic E-state index is 0. The Morgan fingerprint density at radius 1 is 0.727 bits per heavy atom. The van der Waals surface area contributed by atoms with Gasteiger partial charge in [-0.25, -0.2) is 0 Å². The molecule has 0 aliphatic rings. The third kappa shape index (κ3) is 641. The summed E-state index contributed by atoms with van der Waals surface area (Å²) in [6, 6.07) is 0. The van der Waals surface area contributed by atoms with Crippen molar-refractivity contribution in [2.45, 2.75) is 0 Å². The molecule has 0 aromatic carbocycles. The van der Waals surface area contributed by atoms with E-state index in [-0.39, 0.29) is 41.4 Å². The molecule has 12 N–H and O–H groups in total. The predicted molar refractivity (Wildman–Crippen MR) is 38.4 cm³/mol. The van der Waals surface area contributed by atoms with Gasteiger partial charge in [0.1, 0.15) is 0 Å². The third-order valence-corrected chi connectivity index (χ3v) is 0. The van der Waals surface area contributed by atoms with Gasteiger partial charge in [0, 0.05) is 16.8 Å². The van der Waals surface area contributed by atoms with E-state index >= 15 is 0 Å². The molecule has 0 unspecified atom stereocenters. The van der Waals surface area contributed by atoms with Gasteiger partial charge in [0.15, 0.2) is 0 Å². The van der Waals surface area contributed by atoms with Crippen molar-refractivity contribution in [1.29, 1.82) is 0 Å². The maximum atomic E-state index is 8.00. The Kier molecular flexibility index (Phi) is 3600. The van der Waals surface area contributed by atoms with Crippen LogP contribution >= 0.6 is 0 Å². The van der Waals surface area contributed by atoms with Gasteiger partial charge >= 0.3 is 0 Å². The van der Waals surface area contributed by atoms with Gasteiger partial charge < -0.3 is 44.8 Å². The molecule has 0 aromatic rings. The van der Waals surface area contributed by atoms with E-state index in [2.05, 4.69) is 0 Å². The van der Waals surface area contributed by atoms with Gasteiger partial charge in [0.05, 0.1) is 0 Å². The SMILES string of the molecule is N.N.N.N.O=N[O-].O=N[O-].[Co]. The molecule has 0 heterocycles. The summed E-state index contributed by atoms with van der Waals surface area (Å²) in [5.41, 5.74) is 0. The summed E-state index contributed by atoms with van der Waals surface area (Å²) in [4.78, 5) is 16.0. The van der Waals surface area contributed by atoms with E-state index in [1.165, 1.54) is 0 Å². The summed E-state index contributed by atoms with van der Waals surface area (Å²) in [6.45, 7) is 0. The van der Waals surface area contributed by atoms with Crippen molar-refractivity contribution >= 4 is 0 Å². The van der Waals surface area contributed by atoms with Crippen LogP contribution in [0.3, 0.4) is 0 Å². The van der Waals surface area contributed by atoms with Crippen molar-refractivity contribution in [3.8, 4) is 0 Å². The average Bonchev–Trinajstić information content (AvgIpc) is 1.39. The van der Waals surface area contributed by atoms with E-state index in [1.807, 2.05) is 0 Å². The molecule has 11 heavy (non-hydrogen) atoms. The Labute approximate surface area is 73.1 Å².